The number of aromatic nitrogens is 1. The van der Waals surface area contributed by atoms with Gasteiger partial charge in [0.25, 0.3) is 5.91 Å². The van der Waals surface area contributed by atoms with E-state index in [4.69, 9.17) is 19.8 Å². The number of halogens is 7. The first kappa shape index (κ1) is 30.5. The number of hydrogen-bond acceptors (Lipinski definition) is 5. The number of carboxylic acid groups (broad SMARTS) is 2. The summed E-state index contributed by atoms with van der Waals surface area (Å²) in [6.07, 6.45) is -4.48. The number of benzene rings is 1. The van der Waals surface area contributed by atoms with Gasteiger partial charge in [-0.3, -0.25) is 14.7 Å². The van der Waals surface area contributed by atoms with E-state index in [0.717, 1.165) is 32.5 Å². The van der Waals surface area contributed by atoms with E-state index in [1.165, 1.54) is 17.7 Å². The predicted octanol–water partition coefficient (Wildman–Crippen LogP) is 3.98. The molecule has 2 aliphatic rings. The second-order valence-electron chi connectivity index (χ2n) is 8.16. The number of amides is 1. The number of hydrogen-bond donors (Lipinski definition) is 2. The lowest BCUT2D eigenvalue weighted by Crippen LogP contribution is -2.39. The molecule has 0 spiro atoms. The van der Waals surface area contributed by atoms with Gasteiger partial charge in [-0.25, -0.2) is 14.0 Å². The lowest BCUT2D eigenvalue weighted by atomic mass is 10.1. The molecule has 208 valence electrons. The van der Waals surface area contributed by atoms with Gasteiger partial charge in [0.15, 0.2) is 0 Å². The predicted molar refractivity (Wildman–Crippen MR) is 116 cm³/mol. The summed E-state index contributed by atoms with van der Waals surface area (Å²) in [5.74, 6) is -5.81. The van der Waals surface area contributed by atoms with Crippen molar-refractivity contribution in [2.75, 3.05) is 13.1 Å². The number of rotatable bonds is 3. The Morgan fingerprint density at radius 3 is 1.87 bits per heavy atom. The molecule has 3 heterocycles. The molecule has 4 rings (SSSR count). The van der Waals surface area contributed by atoms with Crippen LogP contribution in [0.25, 0.3) is 0 Å². The van der Waals surface area contributed by atoms with Crippen LogP contribution in [0.3, 0.4) is 0 Å². The van der Waals surface area contributed by atoms with Crippen molar-refractivity contribution >= 4 is 17.8 Å². The Hall–Kier alpha value is -3.75. The Kier molecular flexibility index (Phi) is 10.2. The maximum absolute atomic E-state index is 13.1. The Morgan fingerprint density at radius 1 is 0.868 bits per heavy atom. The highest BCUT2D eigenvalue weighted by Crippen LogP contribution is 2.33. The number of carbonyl (C=O) groups is 3. The lowest BCUT2D eigenvalue weighted by molar-refractivity contribution is -0.193. The Bertz CT molecular complexity index is 1070. The summed E-state index contributed by atoms with van der Waals surface area (Å²) in [6, 6.07) is 10.6. The number of fused-ring (bicyclic) bond motifs is 1. The SMILES string of the molecule is O=C(O)C(F)(F)F.O=C(O)C(F)(F)F.O=C(c1ccc(F)cc1)N1CC[C@H]2[C@H]1CCN2Cc1cccnc1. The molecule has 1 amide bonds. The molecule has 0 saturated carbocycles. The molecular weight excluding hydrogens is 531 g/mol. The second kappa shape index (κ2) is 12.7. The zero-order chi connectivity index (χ0) is 28.7. The maximum atomic E-state index is 13.1. The summed E-state index contributed by atoms with van der Waals surface area (Å²) in [5, 5.41) is 14.2. The van der Waals surface area contributed by atoms with Crippen molar-refractivity contribution in [2.24, 2.45) is 0 Å². The first-order chi connectivity index (χ1) is 17.6. The highest BCUT2D eigenvalue weighted by atomic mass is 19.4. The summed E-state index contributed by atoms with van der Waals surface area (Å²) in [7, 11) is 0. The summed E-state index contributed by atoms with van der Waals surface area (Å²) in [6.45, 7) is 2.65. The van der Waals surface area contributed by atoms with E-state index in [0.29, 0.717) is 11.6 Å². The van der Waals surface area contributed by atoms with Gasteiger partial charge in [0.05, 0.1) is 0 Å². The average Bonchev–Trinajstić information content (AvgIpc) is 3.42. The van der Waals surface area contributed by atoms with Gasteiger partial charge in [0.1, 0.15) is 5.82 Å². The minimum Gasteiger partial charge on any atom is -0.475 e. The quantitative estimate of drug-likeness (QED) is 0.554. The van der Waals surface area contributed by atoms with Crippen LogP contribution in [0.5, 0.6) is 0 Å². The summed E-state index contributed by atoms with van der Waals surface area (Å²) in [4.78, 5) is 39.1. The molecule has 2 aliphatic heterocycles. The number of alkyl halides is 6. The van der Waals surface area contributed by atoms with Crippen molar-refractivity contribution in [1.29, 1.82) is 0 Å². The maximum Gasteiger partial charge on any atom is 0.490 e. The molecule has 0 unspecified atom stereocenters. The molecule has 0 radical (unpaired) electrons. The Morgan fingerprint density at radius 2 is 1.39 bits per heavy atom. The first-order valence-electron chi connectivity index (χ1n) is 10.9. The van der Waals surface area contributed by atoms with Crippen molar-refractivity contribution in [3.63, 3.8) is 0 Å². The third kappa shape index (κ3) is 8.68. The van der Waals surface area contributed by atoms with E-state index in [1.807, 2.05) is 17.2 Å². The van der Waals surface area contributed by atoms with Crippen LogP contribution in [0.2, 0.25) is 0 Å². The van der Waals surface area contributed by atoms with Crippen LogP contribution in [0, 0.1) is 5.82 Å². The molecule has 0 aliphatic carbocycles. The number of pyridine rings is 1. The fraction of sp³-hybridized carbons (Fsp3) is 0.391. The van der Waals surface area contributed by atoms with Crippen molar-refractivity contribution in [2.45, 2.75) is 43.8 Å². The van der Waals surface area contributed by atoms with E-state index in [1.54, 1.807) is 18.3 Å². The molecule has 2 atom stereocenters. The van der Waals surface area contributed by atoms with E-state index in [2.05, 4.69) is 16.0 Å². The number of nitrogens with zero attached hydrogens (tertiary/aromatic N) is 3. The molecule has 1 aromatic heterocycles. The monoisotopic (exact) mass is 553 g/mol. The van der Waals surface area contributed by atoms with Crippen LogP contribution in [-0.4, -0.2) is 80.4 Å². The molecule has 1 aromatic carbocycles. The van der Waals surface area contributed by atoms with Crippen LogP contribution in [-0.2, 0) is 16.1 Å². The standard InChI is InChI=1S/C19H20FN3O.2C2HF3O2/c20-16-5-3-15(4-6-16)19(24)23-11-8-17-18(23)7-10-22(17)13-14-2-1-9-21-12-14;2*3-2(4,5)1(6)7/h1-6,9,12,17-18H,7-8,10-11,13H2;2*(H,6,7)/t17-,18+;;/m0../s1. The number of aliphatic carboxylic acids is 2. The number of carboxylic acids is 2. The third-order valence-electron chi connectivity index (χ3n) is 5.64. The topological polar surface area (TPSA) is 111 Å². The molecule has 0 bridgehead atoms. The molecule has 8 nitrogen and oxygen atoms in total. The molecule has 2 N–H and O–H groups in total. The molecule has 2 aromatic rings. The minimum absolute atomic E-state index is 0.0192. The van der Waals surface area contributed by atoms with Crippen LogP contribution in [0.1, 0.15) is 28.8 Å². The van der Waals surface area contributed by atoms with Gasteiger partial charge in [-0.1, -0.05) is 6.07 Å². The van der Waals surface area contributed by atoms with Gasteiger partial charge >= 0.3 is 24.3 Å². The van der Waals surface area contributed by atoms with Gasteiger partial charge in [0, 0.05) is 49.7 Å². The Balaban J connectivity index is 0.000000301. The summed E-state index contributed by atoms with van der Waals surface area (Å²) in [5.41, 5.74) is 1.78. The highest BCUT2D eigenvalue weighted by molar-refractivity contribution is 5.94. The van der Waals surface area contributed by atoms with Crippen LogP contribution < -0.4 is 0 Å². The smallest absolute Gasteiger partial charge is 0.475 e. The molecule has 38 heavy (non-hydrogen) atoms. The van der Waals surface area contributed by atoms with E-state index < -0.39 is 24.3 Å². The molecule has 15 heteroatoms. The van der Waals surface area contributed by atoms with Gasteiger partial charge in [-0.2, -0.15) is 26.3 Å². The largest absolute Gasteiger partial charge is 0.490 e. The van der Waals surface area contributed by atoms with Gasteiger partial charge in [-0.15, -0.1) is 0 Å². The van der Waals surface area contributed by atoms with E-state index in [-0.39, 0.29) is 17.8 Å². The van der Waals surface area contributed by atoms with Gasteiger partial charge in [0.2, 0.25) is 0 Å². The van der Waals surface area contributed by atoms with Crippen molar-refractivity contribution in [3.05, 3.63) is 65.7 Å². The van der Waals surface area contributed by atoms with Crippen LogP contribution >= 0.6 is 0 Å². The summed E-state index contributed by atoms with van der Waals surface area (Å²) >= 11 is 0. The number of likely N-dealkylation sites (tertiary alicyclic amines) is 2. The normalized spacial score (nSPS) is 19.0. The molecule has 2 fully saturated rings. The highest BCUT2D eigenvalue weighted by Gasteiger charge is 2.44. The Labute approximate surface area is 211 Å². The van der Waals surface area contributed by atoms with Crippen LogP contribution in [0.15, 0.2) is 48.8 Å². The lowest BCUT2D eigenvalue weighted by Gasteiger charge is -2.25. The fourth-order valence-electron chi connectivity index (χ4n) is 4.01. The van der Waals surface area contributed by atoms with Gasteiger partial charge < -0.3 is 15.1 Å². The second-order valence-corrected chi connectivity index (χ2v) is 8.16. The van der Waals surface area contributed by atoms with E-state index >= 15 is 0 Å². The zero-order valence-electron chi connectivity index (χ0n) is 19.4. The van der Waals surface area contributed by atoms with Crippen molar-refractivity contribution in [3.8, 4) is 0 Å². The minimum atomic E-state index is -5.08. The van der Waals surface area contributed by atoms with Gasteiger partial charge in [-0.05, 0) is 48.7 Å². The zero-order valence-corrected chi connectivity index (χ0v) is 19.4. The third-order valence-corrected chi connectivity index (χ3v) is 5.64. The van der Waals surface area contributed by atoms with Crippen molar-refractivity contribution < 1.29 is 55.3 Å². The van der Waals surface area contributed by atoms with Crippen LogP contribution in [0.4, 0.5) is 30.7 Å². The van der Waals surface area contributed by atoms with Crippen molar-refractivity contribution in [1.82, 2.24) is 14.8 Å². The average molecular weight is 553 g/mol. The fourth-order valence-corrected chi connectivity index (χ4v) is 4.01. The first-order valence-corrected chi connectivity index (χ1v) is 10.9. The van der Waals surface area contributed by atoms with E-state index in [9.17, 15) is 35.5 Å². The molecular formula is C23H22F7N3O5. The summed E-state index contributed by atoms with van der Waals surface area (Å²) < 4.78 is 76.5. The molecule has 2 saturated heterocycles. The number of carbonyl (C=O) groups excluding carboxylic acids is 1.